The molecule has 0 radical (unpaired) electrons. The monoisotopic (exact) mass is 609 g/mol. The van der Waals surface area contributed by atoms with Crippen molar-refractivity contribution in [1.29, 1.82) is 0 Å². The van der Waals surface area contributed by atoms with E-state index in [2.05, 4.69) is 16.7 Å². The Morgan fingerprint density at radius 2 is 1.81 bits per heavy atom. The molecule has 3 aromatic rings. The lowest BCUT2D eigenvalue weighted by molar-refractivity contribution is -0.145. The number of nitrogens with zero attached hydrogens (tertiary/aromatic N) is 3. The molecule has 5 rings (SSSR count). The van der Waals surface area contributed by atoms with Gasteiger partial charge in [0.2, 0.25) is 0 Å². The molecule has 1 aliphatic carbocycles. The van der Waals surface area contributed by atoms with Gasteiger partial charge >= 0.3 is 5.97 Å². The second-order valence-electron chi connectivity index (χ2n) is 12.9. The Balaban J connectivity index is 1.26. The first-order valence-electron chi connectivity index (χ1n) is 15.8. The third-order valence-corrected chi connectivity index (χ3v) is 10.9. The molecule has 3 unspecified atom stereocenters. The molecule has 2 aliphatic rings. The first-order chi connectivity index (χ1) is 20.6. The molecule has 1 aromatic heterocycles. The Morgan fingerprint density at radius 1 is 1.09 bits per heavy atom. The van der Waals surface area contributed by atoms with Gasteiger partial charge in [-0.05, 0) is 111 Å². The number of thiazole rings is 1. The van der Waals surface area contributed by atoms with Crippen molar-refractivity contribution >= 4 is 17.3 Å². The molecule has 232 valence electrons. The van der Waals surface area contributed by atoms with E-state index in [0.717, 1.165) is 74.3 Å². The number of rotatable bonds is 11. The normalized spacial score (nSPS) is 22.5. The van der Waals surface area contributed by atoms with E-state index in [9.17, 15) is 18.7 Å². The van der Waals surface area contributed by atoms with Crippen molar-refractivity contribution < 1.29 is 18.7 Å². The first kappa shape index (κ1) is 31.7. The molecule has 8 heteroatoms. The number of halogens is 2. The molecule has 1 N–H and O–H groups in total. The standard InChI is InChI=1S/C35H45F2N3O2S/c1-5-31-34(43-32(38-31)17-23-9-11-27(36)12-10-23)24-13-15-40(16-14-24)21-26-19-29(39(4)33(22(2)3)35(41)42)20-30(26)25-7-6-8-28(37)18-25/h6-12,18,22,24,26,29-30,33H,5,13-17,19-21H2,1-4H3,(H,41,42)/t26?,29?,30?,33-/m1/s1. The second-order valence-corrected chi connectivity index (χ2v) is 14.0. The number of carboxylic acid groups (broad SMARTS) is 1. The fourth-order valence-electron chi connectivity index (χ4n) is 7.48. The lowest BCUT2D eigenvalue weighted by Crippen LogP contribution is -2.47. The number of likely N-dealkylation sites (N-methyl/N-ethyl adjacent to an activating group) is 1. The summed E-state index contributed by atoms with van der Waals surface area (Å²) in [7, 11) is 1.95. The maximum atomic E-state index is 14.3. The summed E-state index contributed by atoms with van der Waals surface area (Å²) in [5.74, 6) is -0.171. The molecule has 0 bridgehead atoms. The number of aryl methyl sites for hydroxylation is 1. The highest BCUT2D eigenvalue weighted by Gasteiger charge is 2.42. The zero-order valence-electron chi connectivity index (χ0n) is 25.8. The summed E-state index contributed by atoms with van der Waals surface area (Å²) in [5, 5.41) is 11.0. The van der Waals surface area contributed by atoms with Crippen molar-refractivity contribution in [2.75, 3.05) is 26.7 Å². The maximum Gasteiger partial charge on any atom is 0.321 e. The molecular weight excluding hydrogens is 564 g/mol. The molecule has 0 amide bonds. The number of carbonyl (C=O) groups is 1. The van der Waals surface area contributed by atoms with Crippen molar-refractivity contribution in [2.24, 2.45) is 11.8 Å². The van der Waals surface area contributed by atoms with Crippen LogP contribution in [0, 0.1) is 23.5 Å². The van der Waals surface area contributed by atoms with Crippen molar-refractivity contribution in [3.8, 4) is 0 Å². The van der Waals surface area contributed by atoms with E-state index >= 15 is 0 Å². The highest BCUT2D eigenvalue weighted by molar-refractivity contribution is 7.11. The highest BCUT2D eigenvalue weighted by Crippen LogP contribution is 2.44. The number of aliphatic carboxylic acids is 1. The third kappa shape index (κ3) is 7.52. The summed E-state index contributed by atoms with van der Waals surface area (Å²) in [6.07, 6.45) is 5.57. The van der Waals surface area contributed by atoms with E-state index in [4.69, 9.17) is 4.98 Å². The third-order valence-electron chi connectivity index (χ3n) is 9.67. The number of likely N-dealkylation sites (tertiary alicyclic amines) is 1. The van der Waals surface area contributed by atoms with Crippen molar-refractivity contribution in [3.05, 3.63) is 86.9 Å². The van der Waals surface area contributed by atoms with Gasteiger partial charge in [0.15, 0.2) is 0 Å². The quantitative estimate of drug-likeness (QED) is 0.246. The topological polar surface area (TPSA) is 56.7 Å². The van der Waals surface area contributed by atoms with Gasteiger partial charge in [-0.3, -0.25) is 9.69 Å². The van der Waals surface area contributed by atoms with Gasteiger partial charge in [0.05, 0.1) is 10.7 Å². The average Bonchev–Trinajstić information content (AvgIpc) is 3.58. The van der Waals surface area contributed by atoms with Gasteiger partial charge in [0.1, 0.15) is 17.7 Å². The van der Waals surface area contributed by atoms with Crippen LogP contribution in [0.1, 0.15) is 85.0 Å². The van der Waals surface area contributed by atoms with Crippen LogP contribution in [-0.4, -0.2) is 64.6 Å². The van der Waals surface area contributed by atoms with Gasteiger partial charge in [-0.1, -0.05) is 45.0 Å². The van der Waals surface area contributed by atoms with Crippen LogP contribution in [0.3, 0.4) is 0 Å². The van der Waals surface area contributed by atoms with Gasteiger partial charge in [0.25, 0.3) is 0 Å². The van der Waals surface area contributed by atoms with Gasteiger partial charge < -0.3 is 10.0 Å². The van der Waals surface area contributed by atoms with Crippen LogP contribution in [0.25, 0.3) is 0 Å². The summed E-state index contributed by atoms with van der Waals surface area (Å²) in [6, 6.07) is 13.3. The Morgan fingerprint density at radius 3 is 2.44 bits per heavy atom. The summed E-state index contributed by atoms with van der Waals surface area (Å²) in [6.45, 7) is 9.06. The van der Waals surface area contributed by atoms with Crippen LogP contribution in [0.5, 0.6) is 0 Å². The Bertz CT molecular complexity index is 1370. The van der Waals surface area contributed by atoms with E-state index < -0.39 is 12.0 Å². The smallest absolute Gasteiger partial charge is 0.321 e. The largest absolute Gasteiger partial charge is 0.480 e. The molecule has 2 heterocycles. The van der Waals surface area contributed by atoms with Crippen LogP contribution in [0.15, 0.2) is 48.5 Å². The van der Waals surface area contributed by atoms with Crippen LogP contribution < -0.4 is 0 Å². The number of aromatic nitrogens is 1. The molecule has 1 aliphatic heterocycles. The SMILES string of the molecule is CCc1nc(Cc2ccc(F)cc2)sc1C1CCN(CC2CC(N(C)[C@@H](C(=O)O)C(C)C)CC2c2cccc(F)c2)CC1. The van der Waals surface area contributed by atoms with E-state index in [1.807, 2.05) is 50.4 Å². The maximum absolute atomic E-state index is 14.3. The van der Waals surface area contributed by atoms with Gasteiger partial charge in [-0.2, -0.15) is 0 Å². The molecule has 5 nitrogen and oxygen atoms in total. The molecule has 1 saturated carbocycles. The van der Waals surface area contributed by atoms with Crippen molar-refractivity contribution in [1.82, 2.24) is 14.8 Å². The Labute approximate surface area is 258 Å². The zero-order chi connectivity index (χ0) is 30.7. The number of hydrogen-bond acceptors (Lipinski definition) is 5. The van der Waals surface area contributed by atoms with Crippen LogP contribution in [0.4, 0.5) is 8.78 Å². The predicted octanol–water partition coefficient (Wildman–Crippen LogP) is 7.36. The summed E-state index contributed by atoms with van der Waals surface area (Å²) >= 11 is 1.82. The number of piperidine rings is 1. The molecule has 4 atom stereocenters. The van der Waals surface area contributed by atoms with Gasteiger partial charge in [-0.25, -0.2) is 13.8 Å². The number of benzene rings is 2. The minimum Gasteiger partial charge on any atom is -0.480 e. The van der Waals surface area contributed by atoms with E-state index in [-0.39, 0.29) is 29.5 Å². The van der Waals surface area contributed by atoms with E-state index in [1.165, 1.54) is 28.8 Å². The minimum absolute atomic E-state index is 0.00385. The highest BCUT2D eigenvalue weighted by atomic mass is 32.1. The fourth-order valence-corrected chi connectivity index (χ4v) is 8.84. The fraction of sp³-hybridized carbons (Fsp3) is 0.543. The molecule has 43 heavy (non-hydrogen) atoms. The van der Waals surface area contributed by atoms with Gasteiger partial charge in [0, 0.05) is 23.9 Å². The summed E-state index contributed by atoms with van der Waals surface area (Å²) in [5.41, 5.74) is 3.31. The Kier molecular flexibility index (Phi) is 10.3. The molecule has 0 spiro atoms. The molecular formula is C35H45F2N3O2S. The number of carboxylic acids is 1. The van der Waals surface area contributed by atoms with Crippen molar-refractivity contribution in [2.45, 2.75) is 83.2 Å². The van der Waals surface area contributed by atoms with E-state index in [0.29, 0.717) is 11.8 Å². The Hall–Kier alpha value is -2.68. The van der Waals surface area contributed by atoms with E-state index in [1.54, 1.807) is 12.1 Å². The predicted molar refractivity (Wildman–Crippen MR) is 169 cm³/mol. The van der Waals surface area contributed by atoms with Crippen LogP contribution >= 0.6 is 11.3 Å². The van der Waals surface area contributed by atoms with Gasteiger partial charge in [-0.15, -0.1) is 11.3 Å². The lowest BCUT2D eigenvalue weighted by atomic mass is 9.87. The number of hydrogen-bond donors (Lipinski definition) is 1. The summed E-state index contributed by atoms with van der Waals surface area (Å²) in [4.78, 5) is 23.1. The van der Waals surface area contributed by atoms with Crippen molar-refractivity contribution in [3.63, 3.8) is 0 Å². The minimum atomic E-state index is -0.777. The molecule has 2 fully saturated rings. The molecule has 2 aromatic carbocycles. The summed E-state index contributed by atoms with van der Waals surface area (Å²) < 4.78 is 27.7. The van der Waals surface area contributed by atoms with Crippen LogP contribution in [-0.2, 0) is 17.6 Å². The second kappa shape index (κ2) is 14.0. The average molecular weight is 610 g/mol. The lowest BCUT2D eigenvalue weighted by Gasteiger charge is -2.35. The molecule has 1 saturated heterocycles. The zero-order valence-corrected chi connectivity index (χ0v) is 26.6. The van der Waals surface area contributed by atoms with Crippen LogP contribution in [0.2, 0.25) is 0 Å². The first-order valence-corrected chi connectivity index (χ1v) is 16.6.